The van der Waals surface area contributed by atoms with Gasteiger partial charge in [-0.25, -0.2) is 0 Å². The van der Waals surface area contributed by atoms with Crippen molar-refractivity contribution in [2.75, 3.05) is 0 Å². The Bertz CT molecular complexity index is 336. The number of nitro groups is 1. The van der Waals surface area contributed by atoms with Crippen molar-refractivity contribution in [2.45, 2.75) is 19.8 Å². The van der Waals surface area contributed by atoms with E-state index in [4.69, 9.17) is 7.85 Å². The zero-order valence-electron chi connectivity index (χ0n) is 7.65. The van der Waals surface area contributed by atoms with Crippen LogP contribution in [0.4, 0.5) is 5.69 Å². The van der Waals surface area contributed by atoms with Gasteiger partial charge in [0.1, 0.15) is 7.85 Å². The van der Waals surface area contributed by atoms with Gasteiger partial charge in [0.25, 0.3) is 5.69 Å². The highest BCUT2D eigenvalue weighted by atomic mass is 16.6. The summed E-state index contributed by atoms with van der Waals surface area (Å²) in [6, 6.07) is 4.79. The molecule has 0 heterocycles. The van der Waals surface area contributed by atoms with Crippen molar-refractivity contribution in [3.05, 3.63) is 33.9 Å². The van der Waals surface area contributed by atoms with Crippen molar-refractivity contribution >= 4 is 19.0 Å². The van der Waals surface area contributed by atoms with Crippen molar-refractivity contribution in [2.24, 2.45) is 0 Å². The molecule has 0 aliphatic carbocycles. The summed E-state index contributed by atoms with van der Waals surface area (Å²) in [5.41, 5.74) is 1.25. The molecule has 0 aromatic heterocycles. The Kier molecular flexibility index (Phi) is 2.71. The van der Waals surface area contributed by atoms with Gasteiger partial charge in [-0.05, 0) is 5.92 Å². The van der Waals surface area contributed by atoms with Crippen molar-refractivity contribution in [1.82, 2.24) is 0 Å². The van der Waals surface area contributed by atoms with E-state index in [1.54, 1.807) is 12.1 Å². The molecule has 0 N–H and O–H groups in total. The van der Waals surface area contributed by atoms with Crippen LogP contribution in [0.5, 0.6) is 0 Å². The van der Waals surface area contributed by atoms with Gasteiger partial charge in [-0.1, -0.05) is 31.4 Å². The minimum absolute atomic E-state index is 0.106. The summed E-state index contributed by atoms with van der Waals surface area (Å²) in [5, 5.41) is 10.6. The predicted molar refractivity (Wildman–Crippen MR) is 52.6 cm³/mol. The fourth-order valence-electron chi connectivity index (χ4n) is 1.21. The van der Waals surface area contributed by atoms with Crippen LogP contribution in [0.25, 0.3) is 0 Å². The Morgan fingerprint density at radius 1 is 1.46 bits per heavy atom. The van der Waals surface area contributed by atoms with Crippen LogP contribution in [0, 0.1) is 10.1 Å². The highest BCUT2D eigenvalue weighted by molar-refractivity contribution is 6.32. The Labute approximate surface area is 78.3 Å². The summed E-state index contributed by atoms with van der Waals surface area (Å²) in [6.07, 6.45) is 0. The van der Waals surface area contributed by atoms with Gasteiger partial charge in [-0.3, -0.25) is 10.1 Å². The molecule has 0 amide bonds. The maximum Gasteiger partial charge on any atom is 0.272 e. The van der Waals surface area contributed by atoms with E-state index in [2.05, 4.69) is 0 Å². The molecule has 0 unspecified atom stereocenters. The molecule has 2 radical (unpaired) electrons. The van der Waals surface area contributed by atoms with E-state index in [1.807, 2.05) is 13.8 Å². The molecule has 1 aromatic carbocycles. The number of nitrogens with zero attached hydrogens (tertiary/aromatic N) is 1. The first-order valence-electron chi connectivity index (χ1n) is 4.06. The van der Waals surface area contributed by atoms with Gasteiger partial charge >= 0.3 is 0 Å². The summed E-state index contributed by atoms with van der Waals surface area (Å²) in [7, 11) is 5.46. The monoisotopic (exact) mass is 175 g/mol. The molecule has 0 atom stereocenters. The molecule has 0 saturated heterocycles. The lowest BCUT2D eigenvalue weighted by atomic mass is 9.91. The second-order valence-electron chi connectivity index (χ2n) is 3.23. The van der Waals surface area contributed by atoms with Crippen LogP contribution >= 0.6 is 0 Å². The fourth-order valence-corrected chi connectivity index (χ4v) is 1.21. The van der Waals surface area contributed by atoms with Crippen molar-refractivity contribution in [1.29, 1.82) is 0 Å². The predicted octanol–water partition coefficient (Wildman–Crippen LogP) is 1.51. The van der Waals surface area contributed by atoms with Crippen LogP contribution in [0.3, 0.4) is 0 Å². The summed E-state index contributed by atoms with van der Waals surface area (Å²) < 4.78 is 0. The molecule has 0 aliphatic rings. The maximum absolute atomic E-state index is 10.6. The largest absolute Gasteiger partial charge is 0.272 e. The van der Waals surface area contributed by atoms with Crippen molar-refractivity contribution in [3.8, 4) is 0 Å². The smallest absolute Gasteiger partial charge is 0.258 e. The van der Waals surface area contributed by atoms with Gasteiger partial charge < -0.3 is 0 Å². The molecule has 3 nitrogen and oxygen atoms in total. The third-order valence-corrected chi connectivity index (χ3v) is 1.87. The number of nitro benzene ring substituents is 1. The van der Waals surface area contributed by atoms with E-state index >= 15 is 0 Å². The SMILES string of the molecule is [B]c1ccc(C(C)C)c([N+](=O)[O-])c1. The first kappa shape index (κ1) is 9.77. The molecule has 4 heteroatoms. The number of rotatable bonds is 2. The minimum Gasteiger partial charge on any atom is -0.258 e. The Balaban J connectivity index is 3.27. The van der Waals surface area contributed by atoms with E-state index < -0.39 is 4.92 Å². The molecule has 66 valence electrons. The summed E-state index contributed by atoms with van der Waals surface area (Å²) in [5.74, 6) is 0.140. The molecule has 13 heavy (non-hydrogen) atoms. The molecule has 0 spiro atoms. The van der Waals surface area contributed by atoms with Gasteiger partial charge in [0.2, 0.25) is 0 Å². The zero-order valence-corrected chi connectivity index (χ0v) is 7.65. The van der Waals surface area contributed by atoms with E-state index in [0.29, 0.717) is 5.46 Å². The number of hydrogen-bond acceptors (Lipinski definition) is 2. The lowest BCUT2D eigenvalue weighted by Gasteiger charge is -2.06. The lowest BCUT2D eigenvalue weighted by molar-refractivity contribution is -0.385. The normalized spacial score (nSPS) is 10.4. The standard InChI is InChI=1S/C9H10BNO2/c1-6(2)8-4-3-7(10)5-9(8)11(12)13/h3-6H,1-2H3. The van der Waals surface area contributed by atoms with E-state index in [-0.39, 0.29) is 11.6 Å². The molecule has 0 fully saturated rings. The Hall–Kier alpha value is -1.32. The molecule has 1 rings (SSSR count). The third-order valence-electron chi connectivity index (χ3n) is 1.87. The topological polar surface area (TPSA) is 43.1 Å². The second kappa shape index (κ2) is 3.60. The first-order valence-corrected chi connectivity index (χ1v) is 4.06. The number of hydrogen-bond donors (Lipinski definition) is 0. The first-order chi connectivity index (χ1) is 6.02. The van der Waals surface area contributed by atoms with Crippen molar-refractivity contribution < 1.29 is 4.92 Å². The van der Waals surface area contributed by atoms with Gasteiger partial charge in [0.05, 0.1) is 4.92 Å². The Morgan fingerprint density at radius 2 is 2.08 bits per heavy atom. The van der Waals surface area contributed by atoms with E-state index in [1.165, 1.54) is 6.07 Å². The molecule has 0 bridgehead atoms. The van der Waals surface area contributed by atoms with Gasteiger partial charge in [0.15, 0.2) is 0 Å². The zero-order chi connectivity index (χ0) is 10.0. The highest BCUT2D eigenvalue weighted by Crippen LogP contribution is 2.24. The van der Waals surface area contributed by atoms with Crippen LogP contribution < -0.4 is 5.46 Å². The average molecular weight is 175 g/mol. The Morgan fingerprint density at radius 3 is 2.54 bits per heavy atom. The van der Waals surface area contributed by atoms with Crippen LogP contribution in [0.2, 0.25) is 0 Å². The maximum atomic E-state index is 10.6. The quantitative estimate of drug-likeness (QED) is 0.388. The summed E-state index contributed by atoms with van der Waals surface area (Å²) >= 11 is 0. The van der Waals surface area contributed by atoms with Crippen molar-refractivity contribution in [3.63, 3.8) is 0 Å². The third kappa shape index (κ3) is 2.08. The molecule has 0 aliphatic heterocycles. The van der Waals surface area contributed by atoms with Gasteiger partial charge in [0, 0.05) is 11.6 Å². The lowest BCUT2D eigenvalue weighted by Crippen LogP contribution is -2.06. The fraction of sp³-hybridized carbons (Fsp3) is 0.333. The molecule has 0 saturated carbocycles. The van der Waals surface area contributed by atoms with Gasteiger partial charge in [-0.2, -0.15) is 0 Å². The summed E-state index contributed by atoms with van der Waals surface area (Å²) in [6.45, 7) is 3.83. The molecular formula is C9H10BNO2. The summed E-state index contributed by atoms with van der Waals surface area (Å²) in [4.78, 5) is 10.2. The molecule has 1 aromatic rings. The van der Waals surface area contributed by atoms with Crippen LogP contribution in [0.1, 0.15) is 25.3 Å². The van der Waals surface area contributed by atoms with E-state index in [9.17, 15) is 10.1 Å². The van der Waals surface area contributed by atoms with E-state index in [0.717, 1.165) is 5.56 Å². The van der Waals surface area contributed by atoms with Gasteiger partial charge in [-0.15, -0.1) is 0 Å². The van der Waals surface area contributed by atoms with Crippen LogP contribution in [0.15, 0.2) is 18.2 Å². The van der Waals surface area contributed by atoms with Crippen LogP contribution in [-0.2, 0) is 0 Å². The highest BCUT2D eigenvalue weighted by Gasteiger charge is 2.15. The second-order valence-corrected chi connectivity index (χ2v) is 3.23. The molecular weight excluding hydrogens is 165 g/mol. The minimum atomic E-state index is -0.397. The average Bonchev–Trinajstić information content (AvgIpc) is 2.03. The number of benzene rings is 1. The van der Waals surface area contributed by atoms with Crippen LogP contribution in [-0.4, -0.2) is 12.8 Å².